The van der Waals surface area contributed by atoms with Crippen molar-refractivity contribution in [1.82, 2.24) is 4.72 Å². The van der Waals surface area contributed by atoms with Gasteiger partial charge >= 0.3 is 0 Å². The van der Waals surface area contributed by atoms with Crippen LogP contribution in [0.1, 0.15) is 13.8 Å². The summed E-state index contributed by atoms with van der Waals surface area (Å²) >= 11 is 0. The van der Waals surface area contributed by atoms with Gasteiger partial charge in [0.25, 0.3) is 0 Å². The number of aliphatic carboxylic acids is 1. The van der Waals surface area contributed by atoms with Crippen LogP contribution >= 0.6 is 0 Å². The summed E-state index contributed by atoms with van der Waals surface area (Å²) in [4.78, 5) is 10.3. The predicted molar refractivity (Wildman–Crippen MR) is 37.1 cm³/mol. The zero-order valence-electron chi connectivity index (χ0n) is 6.54. The van der Waals surface area contributed by atoms with Crippen LogP contribution in [0.3, 0.4) is 0 Å². The molecule has 0 aromatic heterocycles. The second-order valence-corrected chi connectivity index (χ2v) is 4.54. The van der Waals surface area contributed by atoms with Crippen LogP contribution in [0.15, 0.2) is 0 Å². The lowest BCUT2D eigenvalue weighted by molar-refractivity contribution is -0.312. The SMILES string of the molecule is CC(C)(NS(C)(=O)=O)C(=O)[O-]. The van der Waals surface area contributed by atoms with Gasteiger partial charge < -0.3 is 9.90 Å². The highest BCUT2D eigenvalue weighted by atomic mass is 32.2. The van der Waals surface area contributed by atoms with Crippen LogP contribution in [0, 0.1) is 0 Å². The van der Waals surface area contributed by atoms with E-state index in [1.807, 2.05) is 4.72 Å². The number of rotatable bonds is 3. The van der Waals surface area contributed by atoms with E-state index >= 15 is 0 Å². The highest BCUT2D eigenvalue weighted by molar-refractivity contribution is 7.88. The van der Waals surface area contributed by atoms with Crippen LogP contribution < -0.4 is 9.83 Å². The first-order valence-corrected chi connectivity index (χ1v) is 4.75. The summed E-state index contributed by atoms with van der Waals surface area (Å²) in [5.41, 5.74) is -1.55. The van der Waals surface area contributed by atoms with E-state index in [0.717, 1.165) is 6.26 Å². The fourth-order valence-electron chi connectivity index (χ4n) is 0.505. The van der Waals surface area contributed by atoms with Crippen molar-refractivity contribution in [3.05, 3.63) is 0 Å². The topological polar surface area (TPSA) is 86.3 Å². The second kappa shape index (κ2) is 2.78. The van der Waals surface area contributed by atoms with Crippen molar-refractivity contribution in [2.75, 3.05) is 6.26 Å². The minimum Gasteiger partial charge on any atom is -0.548 e. The molecule has 0 saturated carbocycles. The number of sulfonamides is 1. The number of carboxylic acids is 1. The summed E-state index contributed by atoms with van der Waals surface area (Å²) < 4.78 is 23.0. The van der Waals surface area contributed by atoms with Crippen LogP contribution in [-0.4, -0.2) is 26.2 Å². The first-order valence-electron chi connectivity index (χ1n) is 2.85. The van der Waals surface area contributed by atoms with Crippen molar-refractivity contribution in [3.63, 3.8) is 0 Å². The normalized spacial score (nSPS) is 13.0. The van der Waals surface area contributed by atoms with Gasteiger partial charge in [-0.3, -0.25) is 0 Å². The van der Waals surface area contributed by atoms with Crippen molar-refractivity contribution in [2.45, 2.75) is 19.4 Å². The molecule has 0 aromatic rings. The second-order valence-electron chi connectivity index (χ2n) is 2.79. The molecular formula is C5H10NO4S-. The molecular weight excluding hydrogens is 170 g/mol. The summed E-state index contributed by atoms with van der Waals surface area (Å²) in [7, 11) is -3.50. The van der Waals surface area contributed by atoms with Crippen LogP contribution in [-0.2, 0) is 14.8 Å². The smallest absolute Gasteiger partial charge is 0.209 e. The van der Waals surface area contributed by atoms with Gasteiger partial charge in [-0.25, -0.2) is 13.1 Å². The lowest BCUT2D eigenvalue weighted by Crippen LogP contribution is -2.55. The van der Waals surface area contributed by atoms with Crippen LogP contribution in [0.25, 0.3) is 0 Å². The summed E-state index contributed by atoms with van der Waals surface area (Å²) in [6, 6.07) is 0. The van der Waals surface area contributed by atoms with Crippen LogP contribution in [0.5, 0.6) is 0 Å². The number of carbonyl (C=O) groups excluding carboxylic acids is 1. The highest BCUT2D eigenvalue weighted by Gasteiger charge is 2.22. The average Bonchev–Trinajstić information content (AvgIpc) is 1.56. The van der Waals surface area contributed by atoms with E-state index in [4.69, 9.17) is 0 Å². The Morgan fingerprint density at radius 3 is 1.91 bits per heavy atom. The van der Waals surface area contributed by atoms with Gasteiger partial charge in [0.05, 0.1) is 17.8 Å². The van der Waals surface area contributed by atoms with Crippen molar-refractivity contribution < 1.29 is 18.3 Å². The Kier molecular flexibility index (Phi) is 2.63. The molecule has 6 heteroatoms. The third-order valence-electron chi connectivity index (χ3n) is 0.951. The number of nitrogens with one attached hydrogen (secondary N) is 1. The molecule has 0 heterocycles. The monoisotopic (exact) mass is 180 g/mol. The quantitative estimate of drug-likeness (QED) is 0.547. The average molecular weight is 180 g/mol. The Balaban J connectivity index is 4.51. The Hall–Kier alpha value is -0.620. The molecule has 1 N–H and O–H groups in total. The van der Waals surface area contributed by atoms with E-state index in [9.17, 15) is 18.3 Å². The molecule has 0 aliphatic rings. The molecule has 0 rings (SSSR count). The fraction of sp³-hybridized carbons (Fsp3) is 0.800. The molecule has 0 aliphatic carbocycles. The first-order chi connectivity index (χ1) is 4.65. The Labute approximate surface area is 65.5 Å². The van der Waals surface area contributed by atoms with Gasteiger partial charge in [0.15, 0.2) is 0 Å². The zero-order chi connectivity index (χ0) is 9.28. The number of hydrogen-bond acceptors (Lipinski definition) is 4. The molecule has 0 bridgehead atoms. The lowest BCUT2D eigenvalue weighted by Gasteiger charge is -2.25. The summed E-state index contributed by atoms with van der Waals surface area (Å²) in [6.45, 7) is 2.42. The van der Waals surface area contributed by atoms with E-state index in [1.54, 1.807) is 0 Å². The molecule has 0 aliphatic heterocycles. The Morgan fingerprint density at radius 1 is 1.45 bits per heavy atom. The number of carbonyl (C=O) groups is 1. The molecule has 0 spiro atoms. The standard InChI is InChI=1S/C5H11NO4S/c1-5(2,4(7)8)6-11(3,9)10/h6H,1-3H3,(H,7,8)/p-1. The van der Waals surface area contributed by atoms with E-state index < -0.39 is 21.5 Å². The minimum atomic E-state index is -3.50. The Bertz CT molecular complexity index is 254. The largest absolute Gasteiger partial charge is 0.548 e. The first kappa shape index (κ1) is 10.4. The van der Waals surface area contributed by atoms with Crippen molar-refractivity contribution in [1.29, 1.82) is 0 Å². The van der Waals surface area contributed by atoms with Gasteiger partial charge in [0.2, 0.25) is 10.0 Å². The van der Waals surface area contributed by atoms with Crippen LogP contribution in [0.4, 0.5) is 0 Å². The Morgan fingerprint density at radius 2 is 1.82 bits per heavy atom. The number of carboxylic acid groups (broad SMARTS) is 1. The molecule has 0 unspecified atom stereocenters. The fourth-order valence-corrected chi connectivity index (χ4v) is 1.52. The molecule has 0 amide bonds. The predicted octanol–water partition coefficient (Wildman–Crippen LogP) is -1.94. The summed E-state index contributed by atoms with van der Waals surface area (Å²) in [5.74, 6) is -1.46. The third kappa shape index (κ3) is 3.94. The molecule has 0 atom stereocenters. The van der Waals surface area contributed by atoms with Gasteiger partial charge in [0, 0.05) is 0 Å². The summed E-state index contributed by atoms with van der Waals surface area (Å²) in [5, 5.41) is 10.3. The van der Waals surface area contributed by atoms with E-state index in [1.165, 1.54) is 13.8 Å². The molecule has 0 radical (unpaired) electrons. The van der Waals surface area contributed by atoms with Gasteiger partial charge in [-0.2, -0.15) is 0 Å². The maximum atomic E-state index is 10.5. The highest BCUT2D eigenvalue weighted by Crippen LogP contribution is 2.00. The molecule has 11 heavy (non-hydrogen) atoms. The van der Waals surface area contributed by atoms with Crippen LogP contribution in [0.2, 0.25) is 0 Å². The molecule has 0 aromatic carbocycles. The molecule has 5 nitrogen and oxygen atoms in total. The maximum absolute atomic E-state index is 10.5. The molecule has 66 valence electrons. The number of hydrogen-bond donors (Lipinski definition) is 1. The lowest BCUT2D eigenvalue weighted by atomic mass is 10.1. The molecule has 0 saturated heterocycles. The third-order valence-corrected chi connectivity index (χ3v) is 1.83. The van der Waals surface area contributed by atoms with E-state index in [2.05, 4.69) is 0 Å². The molecule has 0 fully saturated rings. The van der Waals surface area contributed by atoms with Crippen molar-refractivity contribution in [2.24, 2.45) is 0 Å². The van der Waals surface area contributed by atoms with Gasteiger partial charge in [-0.05, 0) is 13.8 Å². The van der Waals surface area contributed by atoms with E-state index in [-0.39, 0.29) is 0 Å². The van der Waals surface area contributed by atoms with Crippen molar-refractivity contribution >= 4 is 16.0 Å². The van der Waals surface area contributed by atoms with Gasteiger partial charge in [0.1, 0.15) is 0 Å². The minimum absolute atomic E-state index is 0.887. The van der Waals surface area contributed by atoms with Crippen molar-refractivity contribution in [3.8, 4) is 0 Å². The maximum Gasteiger partial charge on any atom is 0.209 e. The van der Waals surface area contributed by atoms with Gasteiger partial charge in [-0.15, -0.1) is 0 Å². The zero-order valence-corrected chi connectivity index (χ0v) is 7.36. The van der Waals surface area contributed by atoms with Gasteiger partial charge in [-0.1, -0.05) is 0 Å². The van der Waals surface area contributed by atoms with E-state index in [0.29, 0.717) is 0 Å². The summed E-state index contributed by atoms with van der Waals surface area (Å²) in [6.07, 6.45) is 0.887.